The molecule has 2 aromatic carbocycles. The summed E-state index contributed by atoms with van der Waals surface area (Å²) in [6.07, 6.45) is 0.372. The Morgan fingerprint density at radius 2 is 1.84 bits per heavy atom. The van der Waals surface area contributed by atoms with Gasteiger partial charge in [-0.15, -0.1) is 0 Å². The monoisotopic (exact) mass is 282 g/mol. The quantitative estimate of drug-likeness (QED) is 0.666. The molecule has 0 radical (unpaired) electrons. The van der Waals surface area contributed by atoms with Gasteiger partial charge in [0.2, 0.25) is 0 Å². The smallest absolute Gasteiger partial charge is 0.163 e. The van der Waals surface area contributed by atoms with Crippen molar-refractivity contribution in [3.63, 3.8) is 0 Å². The van der Waals surface area contributed by atoms with E-state index in [4.69, 9.17) is 17.4 Å². The molecule has 0 aliphatic rings. The lowest BCUT2D eigenvalue weighted by molar-refractivity contribution is 0.464. The summed E-state index contributed by atoms with van der Waals surface area (Å²) in [7, 11) is 0. The molecule has 0 aromatic heterocycles. The highest BCUT2D eigenvalue weighted by Gasteiger charge is 2.18. The molecule has 0 saturated carbocycles. The van der Waals surface area contributed by atoms with Crippen LogP contribution in [0.25, 0.3) is 0 Å². The van der Waals surface area contributed by atoms with Crippen molar-refractivity contribution in [1.82, 2.24) is 5.43 Å². The third-order valence-corrected chi connectivity index (χ3v) is 3.31. The van der Waals surface area contributed by atoms with Crippen molar-refractivity contribution >= 4 is 11.6 Å². The van der Waals surface area contributed by atoms with E-state index < -0.39 is 17.7 Å². The van der Waals surface area contributed by atoms with Gasteiger partial charge < -0.3 is 0 Å². The van der Waals surface area contributed by atoms with Crippen LogP contribution in [-0.4, -0.2) is 0 Å². The molecule has 5 heteroatoms. The highest BCUT2D eigenvalue weighted by atomic mass is 35.5. The second-order valence-electron chi connectivity index (χ2n) is 4.16. The van der Waals surface area contributed by atoms with Gasteiger partial charge in [0.25, 0.3) is 0 Å². The van der Waals surface area contributed by atoms with E-state index in [0.29, 0.717) is 11.4 Å². The first-order chi connectivity index (χ1) is 9.13. The summed E-state index contributed by atoms with van der Waals surface area (Å²) in [6.45, 7) is 0. The van der Waals surface area contributed by atoms with Gasteiger partial charge in [0, 0.05) is 10.6 Å². The molecule has 0 bridgehead atoms. The highest BCUT2D eigenvalue weighted by molar-refractivity contribution is 6.31. The fourth-order valence-corrected chi connectivity index (χ4v) is 2.14. The van der Waals surface area contributed by atoms with Crippen molar-refractivity contribution in [2.75, 3.05) is 0 Å². The fraction of sp³-hybridized carbons (Fsp3) is 0.143. The zero-order valence-corrected chi connectivity index (χ0v) is 10.8. The van der Waals surface area contributed by atoms with Gasteiger partial charge >= 0.3 is 0 Å². The van der Waals surface area contributed by atoms with Crippen molar-refractivity contribution in [3.05, 3.63) is 70.2 Å². The third-order valence-electron chi connectivity index (χ3n) is 2.94. The van der Waals surface area contributed by atoms with Crippen LogP contribution in [0.2, 0.25) is 5.02 Å². The van der Waals surface area contributed by atoms with E-state index in [1.54, 1.807) is 12.1 Å². The second kappa shape index (κ2) is 6.10. The van der Waals surface area contributed by atoms with Gasteiger partial charge in [-0.05, 0) is 24.1 Å². The van der Waals surface area contributed by atoms with E-state index >= 15 is 0 Å². The molecule has 0 spiro atoms. The van der Waals surface area contributed by atoms with Crippen LogP contribution in [0.5, 0.6) is 0 Å². The molecule has 0 fully saturated rings. The zero-order valence-electron chi connectivity index (χ0n) is 10.0. The van der Waals surface area contributed by atoms with Gasteiger partial charge in [0.15, 0.2) is 11.6 Å². The van der Waals surface area contributed by atoms with Crippen LogP contribution in [0.3, 0.4) is 0 Å². The molecular formula is C14H13ClF2N2. The van der Waals surface area contributed by atoms with Crippen LogP contribution in [-0.2, 0) is 6.42 Å². The van der Waals surface area contributed by atoms with Gasteiger partial charge in [0.05, 0.1) is 6.04 Å². The minimum Gasteiger partial charge on any atom is -0.271 e. The number of nitrogens with one attached hydrogen (secondary N) is 1. The highest BCUT2D eigenvalue weighted by Crippen LogP contribution is 2.25. The maximum Gasteiger partial charge on any atom is 0.163 e. The summed E-state index contributed by atoms with van der Waals surface area (Å²) in [5, 5.41) is 0.569. The van der Waals surface area contributed by atoms with Gasteiger partial charge in [0.1, 0.15) is 0 Å². The molecule has 0 heterocycles. The van der Waals surface area contributed by atoms with Gasteiger partial charge in [-0.3, -0.25) is 11.3 Å². The predicted molar refractivity (Wildman–Crippen MR) is 71.6 cm³/mol. The average molecular weight is 283 g/mol. The zero-order chi connectivity index (χ0) is 13.8. The topological polar surface area (TPSA) is 38.0 Å². The molecule has 2 nitrogen and oxygen atoms in total. The minimum atomic E-state index is -0.892. The molecule has 0 saturated heterocycles. The van der Waals surface area contributed by atoms with Crippen LogP contribution in [0.15, 0.2) is 42.5 Å². The molecule has 100 valence electrons. The van der Waals surface area contributed by atoms with Crippen LogP contribution in [0, 0.1) is 11.6 Å². The summed E-state index contributed by atoms with van der Waals surface area (Å²) in [6, 6.07) is 10.7. The van der Waals surface area contributed by atoms with Crippen LogP contribution < -0.4 is 11.3 Å². The van der Waals surface area contributed by atoms with Crippen molar-refractivity contribution in [2.24, 2.45) is 5.84 Å². The Morgan fingerprint density at radius 1 is 1.11 bits per heavy atom. The van der Waals surface area contributed by atoms with Crippen molar-refractivity contribution in [2.45, 2.75) is 12.5 Å². The first-order valence-electron chi connectivity index (χ1n) is 5.77. The molecule has 1 atom stereocenters. The van der Waals surface area contributed by atoms with Crippen LogP contribution >= 0.6 is 11.6 Å². The number of benzene rings is 2. The first-order valence-corrected chi connectivity index (χ1v) is 6.14. The molecule has 2 aromatic rings. The van der Waals surface area contributed by atoms with Gasteiger partial charge in [-0.25, -0.2) is 8.78 Å². The van der Waals surface area contributed by atoms with E-state index in [0.717, 1.165) is 11.6 Å². The SMILES string of the molecule is NNC(Cc1ccccc1Cl)c1cccc(F)c1F. The fourth-order valence-electron chi connectivity index (χ4n) is 1.93. The van der Waals surface area contributed by atoms with Crippen molar-refractivity contribution in [1.29, 1.82) is 0 Å². The molecule has 2 rings (SSSR count). The number of nitrogens with two attached hydrogens (primary N) is 1. The Morgan fingerprint density at radius 3 is 2.53 bits per heavy atom. The number of rotatable bonds is 4. The maximum absolute atomic E-state index is 13.7. The third kappa shape index (κ3) is 3.10. The Bertz CT molecular complexity index is 575. The van der Waals surface area contributed by atoms with Gasteiger partial charge in [-0.1, -0.05) is 41.9 Å². The molecular weight excluding hydrogens is 270 g/mol. The number of hydrogen-bond acceptors (Lipinski definition) is 2. The largest absolute Gasteiger partial charge is 0.271 e. The maximum atomic E-state index is 13.7. The normalized spacial score (nSPS) is 12.4. The van der Waals surface area contributed by atoms with E-state index in [-0.39, 0.29) is 5.56 Å². The Kier molecular flexibility index (Phi) is 4.47. The van der Waals surface area contributed by atoms with Crippen LogP contribution in [0.1, 0.15) is 17.2 Å². The number of hydrogen-bond donors (Lipinski definition) is 2. The van der Waals surface area contributed by atoms with Gasteiger partial charge in [-0.2, -0.15) is 0 Å². The standard InChI is InChI=1S/C14H13ClF2N2/c15-11-6-2-1-4-9(11)8-13(19-18)10-5-3-7-12(16)14(10)17/h1-7,13,19H,8,18H2. The van der Waals surface area contributed by atoms with Crippen molar-refractivity contribution in [3.8, 4) is 0 Å². The predicted octanol–water partition coefficient (Wildman–Crippen LogP) is 3.37. The van der Waals surface area contributed by atoms with E-state index in [2.05, 4.69) is 5.43 Å². The molecule has 0 aliphatic heterocycles. The lowest BCUT2D eigenvalue weighted by atomic mass is 9.99. The summed E-state index contributed by atoms with van der Waals surface area (Å²) >= 11 is 6.05. The number of halogens is 3. The average Bonchev–Trinajstić information content (AvgIpc) is 2.41. The Labute approximate surface area is 115 Å². The lowest BCUT2D eigenvalue weighted by Gasteiger charge is -2.18. The summed E-state index contributed by atoms with van der Waals surface area (Å²) in [5.74, 6) is 3.66. The minimum absolute atomic E-state index is 0.183. The molecule has 19 heavy (non-hydrogen) atoms. The summed E-state index contributed by atoms with van der Waals surface area (Å²) in [4.78, 5) is 0. The van der Waals surface area contributed by atoms with Crippen molar-refractivity contribution < 1.29 is 8.78 Å². The van der Waals surface area contributed by atoms with E-state index in [1.807, 2.05) is 12.1 Å². The van der Waals surface area contributed by atoms with E-state index in [1.165, 1.54) is 12.1 Å². The lowest BCUT2D eigenvalue weighted by Crippen LogP contribution is -2.30. The summed E-state index contributed by atoms with van der Waals surface area (Å²) in [5.41, 5.74) is 3.50. The summed E-state index contributed by atoms with van der Waals surface area (Å²) < 4.78 is 27.0. The molecule has 3 N–H and O–H groups in total. The Hall–Kier alpha value is -1.49. The molecule has 0 aliphatic carbocycles. The molecule has 1 unspecified atom stereocenters. The van der Waals surface area contributed by atoms with Crippen LogP contribution in [0.4, 0.5) is 8.78 Å². The first kappa shape index (κ1) is 13.9. The second-order valence-corrected chi connectivity index (χ2v) is 4.57. The number of hydrazine groups is 1. The van der Waals surface area contributed by atoms with E-state index in [9.17, 15) is 8.78 Å². The Balaban J connectivity index is 2.31. The molecule has 0 amide bonds.